The number of nitrogens with one attached hydrogen (secondary N) is 2. The van der Waals surface area contributed by atoms with E-state index in [1.807, 2.05) is 30.9 Å². The predicted octanol–water partition coefficient (Wildman–Crippen LogP) is 2.95. The lowest BCUT2D eigenvalue weighted by Crippen LogP contribution is -2.39. The molecule has 158 valence electrons. The molecule has 0 radical (unpaired) electrons. The van der Waals surface area contributed by atoms with Crippen molar-refractivity contribution in [2.24, 2.45) is 4.99 Å². The van der Waals surface area contributed by atoms with Crippen LogP contribution in [0.2, 0.25) is 0 Å². The molecule has 1 fully saturated rings. The van der Waals surface area contributed by atoms with E-state index in [4.69, 9.17) is 4.74 Å². The number of likely N-dealkylation sites (tertiary alicyclic amines) is 1. The van der Waals surface area contributed by atoms with Crippen LogP contribution in [0.1, 0.15) is 51.5 Å². The van der Waals surface area contributed by atoms with Gasteiger partial charge in [0.15, 0.2) is 5.96 Å². The van der Waals surface area contributed by atoms with Crippen LogP contribution in [0.15, 0.2) is 23.3 Å². The third kappa shape index (κ3) is 9.07. The molecule has 28 heavy (non-hydrogen) atoms. The second kappa shape index (κ2) is 14.4. The molecule has 0 aliphatic carbocycles. The summed E-state index contributed by atoms with van der Waals surface area (Å²) in [5.41, 5.74) is 1.06. The minimum Gasteiger partial charge on any atom is -0.478 e. The van der Waals surface area contributed by atoms with E-state index in [1.54, 1.807) is 6.20 Å². The summed E-state index contributed by atoms with van der Waals surface area (Å²) in [6.07, 6.45) is 6.68. The molecule has 0 aromatic carbocycles. The Morgan fingerprint density at radius 2 is 2.14 bits per heavy atom. The molecular formula is C20H34IN5O2. The first-order chi connectivity index (χ1) is 13.2. The Morgan fingerprint density at radius 1 is 1.29 bits per heavy atom. The highest BCUT2D eigenvalue weighted by Crippen LogP contribution is 2.11. The summed E-state index contributed by atoms with van der Waals surface area (Å²) in [7, 11) is 0. The zero-order valence-electron chi connectivity index (χ0n) is 17.1. The van der Waals surface area contributed by atoms with Crippen molar-refractivity contribution in [3.8, 4) is 5.88 Å². The van der Waals surface area contributed by atoms with Gasteiger partial charge in [0, 0.05) is 44.9 Å². The average molecular weight is 503 g/mol. The molecule has 2 N–H and O–H groups in total. The smallest absolute Gasteiger partial charge is 0.222 e. The van der Waals surface area contributed by atoms with Gasteiger partial charge in [-0.1, -0.05) is 6.42 Å². The van der Waals surface area contributed by atoms with Gasteiger partial charge in [-0.05, 0) is 44.7 Å². The van der Waals surface area contributed by atoms with Crippen molar-refractivity contribution >= 4 is 35.8 Å². The van der Waals surface area contributed by atoms with E-state index in [0.29, 0.717) is 31.4 Å². The Kier molecular flexibility index (Phi) is 12.6. The van der Waals surface area contributed by atoms with E-state index in [2.05, 4.69) is 20.6 Å². The Labute approximate surface area is 185 Å². The Hall–Kier alpha value is -1.58. The molecule has 1 aliphatic rings. The van der Waals surface area contributed by atoms with Crippen LogP contribution in [0.4, 0.5) is 0 Å². The zero-order chi connectivity index (χ0) is 19.3. The molecule has 0 saturated carbocycles. The van der Waals surface area contributed by atoms with Crippen molar-refractivity contribution in [3.63, 3.8) is 0 Å². The molecule has 7 nitrogen and oxygen atoms in total. The van der Waals surface area contributed by atoms with Gasteiger partial charge in [0.2, 0.25) is 11.8 Å². The number of hydrogen-bond acceptors (Lipinski definition) is 4. The monoisotopic (exact) mass is 503 g/mol. The number of rotatable bonds is 9. The van der Waals surface area contributed by atoms with Crippen molar-refractivity contribution in [3.05, 3.63) is 23.9 Å². The van der Waals surface area contributed by atoms with Crippen molar-refractivity contribution in [1.82, 2.24) is 20.5 Å². The highest BCUT2D eigenvalue weighted by Gasteiger charge is 2.15. The lowest BCUT2D eigenvalue weighted by Gasteiger charge is -2.20. The number of hydrogen-bond donors (Lipinski definition) is 2. The fourth-order valence-electron chi connectivity index (χ4n) is 3.04. The predicted molar refractivity (Wildman–Crippen MR) is 123 cm³/mol. The van der Waals surface area contributed by atoms with Crippen molar-refractivity contribution in [2.75, 3.05) is 32.8 Å². The molecule has 8 heteroatoms. The summed E-state index contributed by atoms with van der Waals surface area (Å²) in [6, 6.07) is 3.86. The molecule has 0 unspecified atom stereocenters. The number of pyridine rings is 1. The van der Waals surface area contributed by atoms with Gasteiger partial charge >= 0.3 is 0 Å². The van der Waals surface area contributed by atoms with Crippen molar-refractivity contribution in [2.45, 2.75) is 52.5 Å². The lowest BCUT2D eigenvalue weighted by atomic mass is 10.2. The molecule has 1 amide bonds. The standard InChI is InChI=1S/C20H33N5O2.HI/c1-3-21-20(24-16-17-10-12-22-18(15-17)27-4-2)23-11-8-14-25-13-7-5-6-9-19(25)26;/h10,12,15H,3-9,11,13-14,16H2,1-2H3,(H2,21,23,24);1H. The summed E-state index contributed by atoms with van der Waals surface area (Å²) in [4.78, 5) is 22.8. The molecule has 1 aromatic heterocycles. The Balaban J connectivity index is 0.00000392. The molecule has 0 bridgehead atoms. The van der Waals surface area contributed by atoms with Crippen molar-refractivity contribution in [1.29, 1.82) is 0 Å². The molecular weight excluding hydrogens is 469 g/mol. The minimum atomic E-state index is 0. The second-order valence-electron chi connectivity index (χ2n) is 6.60. The van der Waals surface area contributed by atoms with Crippen LogP contribution in [0.3, 0.4) is 0 Å². The number of carbonyl (C=O) groups excluding carboxylic acids is 1. The summed E-state index contributed by atoms with van der Waals surface area (Å²) in [5.74, 6) is 1.72. The molecule has 1 aromatic rings. The fraction of sp³-hybridized carbons (Fsp3) is 0.650. The zero-order valence-corrected chi connectivity index (χ0v) is 19.4. The first-order valence-corrected chi connectivity index (χ1v) is 10.1. The number of halogens is 1. The van der Waals surface area contributed by atoms with Crippen LogP contribution in [0.5, 0.6) is 5.88 Å². The third-order valence-electron chi connectivity index (χ3n) is 4.42. The quantitative estimate of drug-likeness (QED) is 0.235. The summed E-state index contributed by atoms with van der Waals surface area (Å²) in [6.45, 7) is 8.45. The highest BCUT2D eigenvalue weighted by molar-refractivity contribution is 14.0. The average Bonchev–Trinajstić information content (AvgIpc) is 2.88. The number of guanidine groups is 1. The number of carbonyl (C=O) groups is 1. The molecule has 0 atom stereocenters. The van der Waals surface area contributed by atoms with E-state index in [-0.39, 0.29) is 24.0 Å². The molecule has 2 heterocycles. The van der Waals surface area contributed by atoms with Gasteiger partial charge in [-0.3, -0.25) is 4.79 Å². The maximum Gasteiger partial charge on any atom is 0.222 e. The molecule has 0 spiro atoms. The van der Waals surface area contributed by atoms with Gasteiger partial charge in [0.1, 0.15) is 0 Å². The highest BCUT2D eigenvalue weighted by atomic mass is 127. The van der Waals surface area contributed by atoms with Crippen LogP contribution in [-0.2, 0) is 11.3 Å². The topological polar surface area (TPSA) is 78.9 Å². The Bertz CT molecular complexity index is 612. The number of ether oxygens (including phenoxy) is 1. The minimum absolute atomic E-state index is 0. The molecule has 1 saturated heterocycles. The van der Waals surface area contributed by atoms with Crippen LogP contribution >= 0.6 is 24.0 Å². The van der Waals surface area contributed by atoms with Crippen LogP contribution in [0, 0.1) is 0 Å². The van der Waals surface area contributed by atoms with E-state index < -0.39 is 0 Å². The fourth-order valence-corrected chi connectivity index (χ4v) is 3.04. The van der Waals surface area contributed by atoms with E-state index in [0.717, 1.165) is 63.4 Å². The summed E-state index contributed by atoms with van der Waals surface area (Å²) >= 11 is 0. The summed E-state index contributed by atoms with van der Waals surface area (Å²) in [5, 5.41) is 6.62. The van der Waals surface area contributed by atoms with Gasteiger partial charge in [0.25, 0.3) is 0 Å². The number of nitrogens with zero attached hydrogens (tertiary/aromatic N) is 3. The van der Waals surface area contributed by atoms with E-state index in [9.17, 15) is 4.79 Å². The molecule has 1 aliphatic heterocycles. The first-order valence-electron chi connectivity index (χ1n) is 10.1. The number of amides is 1. The number of aliphatic imine (C=N–C) groups is 1. The van der Waals surface area contributed by atoms with Crippen LogP contribution in [0.25, 0.3) is 0 Å². The van der Waals surface area contributed by atoms with Gasteiger partial charge in [-0.25, -0.2) is 9.98 Å². The maximum absolute atomic E-state index is 12.0. The third-order valence-corrected chi connectivity index (χ3v) is 4.42. The van der Waals surface area contributed by atoms with E-state index in [1.165, 1.54) is 0 Å². The van der Waals surface area contributed by atoms with Gasteiger partial charge in [0.05, 0.1) is 13.2 Å². The SMILES string of the molecule is CCNC(=NCc1ccnc(OCC)c1)NCCCN1CCCCCC1=O.I. The lowest BCUT2D eigenvalue weighted by molar-refractivity contribution is -0.130. The van der Waals surface area contributed by atoms with E-state index >= 15 is 0 Å². The van der Waals surface area contributed by atoms with Crippen molar-refractivity contribution < 1.29 is 9.53 Å². The second-order valence-corrected chi connectivity index (χ2v) is 6.60. The maximum atomic E-state index is 12.0. The van der Waals surface area contributed by atoms with Crippen LogP contribution < -0.4 is 15.4 Å². The number of aromatic nitrogens is 1. The van der Waals surface area contributed by atoms with Gasteiger partial charge < -0.3 is 20.3 Å². The van der Waals surface area contributed by atoms with Crippen LogP contribution in [-0.4, -0.2) is 54.5 Å². The van der Waals surface area contributed by atoms with Gasteiger partial charge in [-0.15, -0.1) is 24.0 Å². The normalized spacial score (nSPS) is 14.9. The summed E-state index contributed by atoms with van der Waals surface area (Å²) < 4.78 is 5.43. The Morgan fingerprint density at radius 3 is 2.93 bits per heavy atom. The largest absolute Gasteiger partial charge is 0.478 e. The molecule has 2 rings (SSSR count). The van der Waals surface area contributed by atoms with Gasteiger partial charge in [-0.2, -0.15) is 0 Å². The first kappa shape index (κ1) is 24.5.